The van der Waals surface area contributed by atoms with E-state index in [4.69, 9.17) is 4.42 Å². The van der Waals surface area contributed by atoms with Crippen LogP contribution in [0.15, 0.2) is 16.5 Å². The molecule has 2 heterocycles. The fraction of sp³-hybridized carbons (Fsp3) is 0.714. The fourth-order valence-corrected chi connectivity index (χ4v) is 3.27. The summed E-state index contributed by atoms with van der Waals surface area (Å²) in [5, 5.41) is 3.36. The van der Waals surface area contributed by atoms with Crippen molar-refractivity contribution in [2.45, 2.75) is 19.9 Å². The van der Waals surface area contributed by atoms with Crippen LogP contribution in [0.25, 0.3) is 0 Å². The molecule has 0 radical (unpaired) electrons. The Bertz CT molecular complexity index is 533. The zero-order valence-electron chi connectivity index (χ0n) is 12.8. The first-order valence-corrected chi connectivity index (χ1v) is 9.29. The van der Waals surface area contributed by atoms with Gasteiger partial charge in [-0.25, -0.2) is 8.42 Å². The molecule has 21 heavy (non-hydrogen) atoms. The Hall–Kier alpha value is -0.890. The summed E-state index contributed by atoms with van der Waals surface area (Å²) in [5.41, 5.74) is 0. The number of hydrogen-bond acceptors (Lipinski definition) is 5. The van der Waals surface area contributed by atoms with E-state index in [0.29, 0.717) is 13.1 Å². The van der Waals surface area contributed by atoms with Crippen LogP contribution in [-0.4, -0.2) is 63.1 Å². The van der Waals surface area contributed by atoms with Crippen molar-refractivity contribution >= 4 is 10.0 Å². The van der Waals surface area contributed by atoms with Crippen LogP contribution in [0, 0.1) is 0 Å². The van der Waals surface area contributed by atoms with Crippen LogP contribution in [-0.2, 0) is 23.0 Å². The molecule has 0 aromatic carbocycles. The smallest absolute Gasteiger partial charge is 0.211 e. The van der Waals surface area contributed by atoms with Gasteiger partial charge in [-0.05, 0) is 12.1 Å². The average Bonchev–Trinajstić information content (AvgIpc) is 2.91. The summed E-state index contributed by atoms with van der Waals surface area (Å²) in [7, 11) is -3.03. The molecule has 0 spiro atoms. The van der Waals surface area contributed by atoms with Gasteiger partial charge in [0.2, 0.25) is 10.0 Å². The summed E-state index contributed by atoms with van der Waals surface area (Å²) < 4.78 is 30.0. The van der Waals surface area contributed by atoms with E-state index in [1.165, 1.54) is 6.26 Å². The summed E-state index contributed by atoms with van der Waals surface area (Å²) in [5.74, 6) is 1.98. The monoisotopic (exact) mass is 315 g/mol. The minimum Gasteiger partial charge on any atom is -0.465 e. The van der Waals surface area contributed by atoms with E-state index in [2.05, 4.69) is 17.1 Å². The van der Waals surface area contributed by atoms with Gasteiger partial charge in [0.1, 0.15) is 11.5 Å². The summed E-state index contributed by atoms with van der Waals surface area (Å²) in [6.45, 7) is 7.41. The molecule has 1 N–H and O–H groups in total. The molecule has 0 bridgehead atoms. The molecule has 7 heteroatoms. The quantitative estimate of drug-likeness (QED) is 0.743. The molecule has 0 saturated carbocycles. The maximum absolute atomic E-state index is 11.4. The number of piperazine rings is 1. The second kappa shape index (κ2) is 7.40. The van der Waals surface area contributed by atoms with Crippen LogP contribution in [0.4, 0.5) is 0 Å². The number of furan rings is 1. The van der Waals surface area contributed by atoms with E-state index in [9.17, 15) is 8.42 Å². The molecule has 0 amide bonds. The molecular formula is C14H25N3O3S. The normalized spacial score (nSPS) is 18.2. The van der Waals surface area contributed by atoms with Gasteiger partial charge < -0.3 is 9.73 Å². The lowest BCUT2D eigenvalue weighted by Crippen LogP contribution is -2.49. The number of aryl methyl sites for hydroxylation is 1. The maximum Gasteiger partial charge on any atom is 0.211 e. The zero-order valence-corrected chi connectivity index (χ0v) is 13.7. The van der Waals surface area contributed by atoms with Gasteiger partial charge in [-0.2, -0.15) is 4.31 Å². The standard InChI is InChI=1S/C14H25N3O3S/c1-3-13-4-5-14(20-13)12-15-6-7-16-8-10-17(11-9-16)21(2,18)19/h4-5,15H,3,6-12H2,1-2H3. The van der Waals surface area contributed by atoms with Crippen LogP contribution >= 0.6 is 0 Å². The SMILES string of the molecule is CCc1ccc(CNCCN2CCN(S(C)(=O)=O)CC2)o1. The van der Waals surface area contributed by atoms with Crippen molar-refractivity contribution in [1.82, 2.24) is 14.5 Å². The minimum absolute atomic E-state index is 0.594. The molecule has 0 unspecified atom stereocenters. The molecule has 1 aliphatic rings. The summed E-state index contributed by atoms with van der Waals surface area (Å²) in [4.78, 5) is 2.29. The Morgan fingerprint density at radius 3 is 2.43 bits per heavy atom. The Balaban J connectivity index is 1.62. The third kappa shape index (κ3) is 5.10. The molecular weight excluding hydrogens is 290 g/mol. The largest absolute Gasteiger partial charge is 0.465 e. The molecule has 120 valence electrons. The van der Waals surface area contributed by atoms with Gasteiger partial charge in [0, 0.05) is 45.7 Å². The van der Waals surface area contributed by atoms with Crippen molar-refractivity contribution in [2.24, 2.45) is 0 Å². The van der Waals surface area contributed by atoms with Gasteiger partial charge >= 0.3 is 0 Å². The van der Waals surface area contributed by atoms with Gasteiger partial charge in [0.05, 0.1) is 12.8 Å². The molecule has 0 aliphatic carbocycles. The first-order chi connectivity index (χ1) is 9.99. The maximum atomic E-state index is 11.4. The van der Waals surface area contributed by atoms with Gasteiger partial charge in [-0.1, -0.05) is 6.92 Å². The molecule has 6 nitrogen and oxygen atoms in total. The van der Waals surface area contributed by atoms with Crippen LogP contribution < -0.4 is 5.32 Å². The fourth-order valence-electron chi connectivity index (χ4n) is 2.44. The lowest BCUT2D eigenvalue weighted by molar-refractivity contribution is 0.189. The molecule has 1 fully saturated rings. The highest BCUT2D eigenvalue weighted by Crippen LogP contribution is 2.08. The Morgan fingerprint density at radius 1 is 1.19 bits per heavy atom. The van der Waals surface area contributed by atoms with E-state index in [-0.39, 0.29) is 0 Å². The Labute approximate surface area is 127 Å². The third-order valence-electron chi connectivity index (χ3n) is 3.77. The number of nitrogens with one attached hydrogen (secondary N) is 1. The molecule has 1 saturated heterocycles. The van der Waals surface area contributed by atoms with Crippen molar-refractivity contribution in [2.75, 3.05) is 45.5 Å². The van der Waals surface area contributed by atoms with E-state index in [0.717, 1.165) is 50.7 Å². The van der Waals surface area contributed by atoms with Crippen molar-refractivity contribution in [3.63, 3.8) is 0 Å². The second-order valence-corrected chi connectivity index (χ2v) is 7.38. The van der Waals surface area contributed by atoms with Gasteiger partial charge in [-0.3, -0.25) is 4.90 Å². The van der Waals surface area contributed by atoms with Crippen LogP contribution in [0.2, 0.25) is 0 Å². The lowest BCUT2D eigenvalue weighted by atomic mass is 10.3. The first kappa shape index (κ1) is 16.5. The lowest BCUT2D eigenvalue weighted by Gasteiger charge is -2.33. The van der Waals surface area contributed by atoms with E-state index >= 15 is 0 Å². The van der Waals surface area contributed by atoms with Crippen LogP contribution in [0.5, 0.6) is 0 Å². The van der Waals surface area contributed by atoms with Crippen molar-refractivity contribution in [3.8, 4) is 0 Å². The summed E-state index contributed by atoms with van der Waals surface area (Å²) in [6, 6.07) is 4.03. The van der Waals surface area contributed by atoms with Crippen LogP contribution in [0.3, 0.4) is 0 Å². The van der Waals surface area contributed by atoms with Crippen molar-refractivity contribution < 1.29 is 12.8 Å². The average molecular weight is 315 g/mol. The molecule has 1 aromatic rings. The zero-order chi connectivity index (χ0) is 15.3. The van der Waals surface area contributed by atoms with Crippen LogP contribution in [0.1, 0.15) is 18.4 Å². The van der Waals surface area contributed by atoms with E-state index < -0.39 is 10.0 Å². The second-order valence-electron chi connectivity index (χ2n) is 5.40. The van der Waals surface area contributed by atoms with E-state index in [1.54, 1.807) is 4.31 Å². The van der Waals surface area contributed by atoms with Gasteiger partial charge in [0.15, 0.2) is 0 Å². The minimum atomic E-state index is -3.03. The number of nitrogens with zero attached hydrogens (tertiary/aromatic N) is 2. The highest BCUT2D eigenvalue weighted by molar-refractivity contribution is 7.88. The predicted octanol–water partition coefficient (Wildman–Crippen LogP) is 0.509. The van der Waals surface area contributed by atoms with Crippen molar-refractivity contribution in [1.29, 1.82) is 0 Å². The number of hydrogen-bond donors (Lipinski definition) is 1. The third-order valence-corrected chi connectivity index (χ3v) is 5.07. The molecule has 1 aromatic heterocycles. The van der Waals surface area contributed by atoms with Crippen molar-refractivity contribution in [3.05, 3.63) is 23.7 Å². The predicted molar refractivity (Wildman–Crippen MR) is 82.6 cm³/mol. The van der Waals surface area contributed by atoms with Gasteiger partial charge in [-0.15, -0.1) is 0 Å². The first-order valence-electron chi connectivity index (χ1n) is 7.45. The summed E-state index contributed by atoms with van der Waals surface area (Å²) in [6.07, 6.45) is 2.20. The summed E-state index contributed by atoms with van der Waals surface area (Å²) >= 11 is 0. The molecule has 2 rings (SSSR count). The highest BCUT2D eigenvalue weighted by atomic mass is 32.2. The molecule has 0 atom stereocenters. The Morgan fingerprint density at radius 2 is 1.86 bits per heavy atom. The molecule has 1 aliphatic heterocycles. The van der Waals surface area contributed by atoms with E-state index in [1.807, 2.05) is 12.1 Å². The highest BCUT2D eigenvalue weighted by Gasteiger charge is 2.22. The topological polar surface area (TPSA) is 65.8 Å². The number of rotatable bonds is 7. The Kier molecular flexibility index (Phi) is 5.80. The number of sulfonamides is 1. The van der Waals surface area contributed by atoms with Gasteiger partial charge in [0.25, 0.3) is 0 Å².